The summed E-state index contributed by atoms with van der Waals surface area (Å²) in [7, 11) is 0. The Bertz CT molecular complexity index is 824. The van der Waals surface area contributed by atoms with E-state index in [1.165, 1.54) is 0 Å². The number of ether oxygens (including phenoxy) is 1. The summed E-state index contributed by atoms with van der Waals surface area (Å²) in [6, 6.07) is 16.9. The van der Waals surface area contributed by atoms with Crippen molar-refractivity contribution in [3.8, 4) is 0 Å². The van der Waals surface area contributed by atoms with Gasteiger partial charge in [-0.05, 0) is 52.4 Å². The van der Waals surface area contributed by atoms with Gasteiger partial charge in [-0.15, -0.1) is 0 Å². The van der Waals surface area contributed by atoms with Gasteiger partial charge in [-0.1, -0.05) is 30.3 Å². The molecule has 2 amide bonds. The van der Waals surface area contributed by atoms with Crippen LogP contribution in [-0.2, 0) is 25.7 Å². The Balaban J connectivity index is 1.46. The van der Waals surface area contributed by atoms with Crippen LogP contribution in [0.25, 0.3) is 0 Å². The molecule has 6 nitrogen and oxygen atoms in total. The molecule has 1 aliphatic rings. The van der Waals surface area contributed by atoms with E-state index in [2.05, 4.69) is 27.9 Å². The largest absolute Gasteiger partial charge is 0.455 e. The summed E-state index contributed by atoms with van der Waals surface area (Å²) < 4.78 is 6.16. The number of carbonyl (C=O) groups excluding carboxylic acids is 3. The van der Waals surface area contributed by atoms with Crippen LogP contribution in [0.15, 0.2) is 54.6 Å². The molecule has 140 valence electrons. The number of rotatable bonds is 6. The zero-order chi connectivity index (χ0) is 19.2. The summed E-state index contributed by atoms with van der Waals surface area (Å²) in [5.41, 5.74) is 1.65. The number of nitrogens with zero attached hydrogens (tertiary/aromatic N) is 1. The summed E-state index contributed by atoms with van der Waals surface area (Å²) in [6.07, 6.45) is 0.115. The van der Waals surface area contributed by atoms with Gasteiger partial charge in [0.25, 0.3) is 5.91 Å². The van der Waals surface area contributed by atoms with Crippen molar-refractivity contribution in [3.05, 3.63) is 63.7 Å². The Hall–Kier alpha value is -2.42. The SMILES string of the molecule is O=C(COC(=O)C1CC(=O)N(Cc2ccccc2)C1)Nc1ccc(I)cc1. The van der Waals surface area contributed by atoms with Crippen LogP contribution in [-0.4, -0.2) is 35.8 Å². The van der Waals surface area contributed by atoms with Crippen LogP contribution in [0, 0.1) is 9.49 Å². The van der Waals surface area contributed by atoms with Crippen molar-refractivity contribution in [1.82, 2.24) is 4.90 Å². The van der Waals surface area contributed by atoms with Crippen LogP contribution in [0.1, 0.15) is 12.0 Å². The minimum atomic E-state index is -0.535. The molecule has 0 radical (unpaired) electrons. The molecule has 1 fully saturated rings. The Morgan fingerprint density at radius 1 is 1.11 bits per heavy atom. The molecule has 27 heavy (non-hydrogen) atoms. The number of esters is 1. The summed E-state index contributed by atoms with van der Waals surface area (Å²) in [4.78, 5) is 37.9. The molecule has 3 rings (SSSR count). The third-order valence-electron chi connectivity index (χ3n) is 4.24. The van der Waals surface area contributed by atoms with Crippen LogP contribution in [0.5, 0.6) is 0 Å². The fourth-order valence-electron chi connectivity index (χ4n) is 2.87. The molecule has 1 saturated heterocycles. The lowest BCUT2D eigenvalue weighted by Crippen LogP contribution is -2.28. The third-order valence-corrected chi connectivity index (χ3v) is 4.96. The van der Waals surface area contributed by atoms with Gasteiger partial charge in [0.1, 0.15) is 0 Å². The number of carbonyl (C=O) groups is 3. The number of hydrogen-bond acceptors (Lipinski definition) is 4. The molecule has 0 aliphatic carbocycles. The number of amides is 2. The highest BCUT2D eigenvalue weighted by Crippen LogP contribution is 2.21. The van der Waals surface area contributed by atoms with Crippen LogP contribution < -0.4 is 5.32 Å². The van der Waals surface area contributed by atoms with Gasteiger partial charge in [0, 0.05) is 28.8 Å². The summed E-state index contributed by atoms with van der Waals surface area (Å²) in [5, 5.41) is 2.67. The number of hydrogen-bond donors (Lipinski definition) is 1. The van der Waals surface area contributed by atoms with Crippen molar-refractivity contribution in [3.63, 3.8) is 0 Å². The van der Waals surface area contributed by atoms with Gasteiger partial charge in [-0.25, -0.2) is 0 Å². The second-order valence-electron chi connectivity index (χ2n) is 6.32. The molecule has 1 aliphatic heterocycles. The molecule has 0 saturated carbocycles. The second kappa shape index (κ2) is 8.98. The van der Waals surface area contributed by atoms with Crippen molar-refractivity contribution in [2.45, 2.75) is 13.0 Å². The monoisotopic (exact) mass is 478 g/mol. The predicted molar refractivity (Wildman–Crippen MR) is 109 cm³/mol. The van der Waals surface area contributed by atoms with E-state index in [4.69, 9.17) is 4.74 Å². The summed E-state index contributed by atoms with van der Waals surface area (Å²) in [6.45, 7) is 0.413. The maximum absolute atomic E-state index is 12.2. The van der Waals surface area contributed by atoms with E-state index >= 15 is 0 Å². The summed E-state index contributed by atoms with van der Waals surface area (Å²) >= 11 is 2.17. The molecule has 2 aromatic carbocycles. The highest BCUT2D eigenvalue weighted by atomic mass is 127. The molecular weight excluding hydrogens is 459 g/mol. The van der Waals surface area contributed by atoms with Gasteiger partial charge < -0.3 is 15.0 Å². The maximum Gasteiger partial charge on any atom is 0.311 e. The van der Waals surface area contributed by atoms with Crippen LogP contribution in [0.2, 0.25) is 0 Å². The average Bonchev–Trinajstić information content (AvgIpc) is 3.03. The number of halogens is 1. The zero-order valence-corrected chi connectivity index (χ0v) is 16.7. The van der Waals surface area contributed by atoms with Crippen molar-refractivity contribution in [1.29, 1.82) is 0 Å². The van der Waals surface area contributed by atoms with Crippen LogP contribution in [0.4, 0.5) is 5.69 Å². The molecule has 7 heteroatoms. The van der Waals surface area contributed by atoms with E-state index in [9.17, 15) is 14.4 Å². The Morgan fingerprint density at radius 3 is 2.52 bits per heavy atom. The standard InChI is InChI=1S/C20H19IN2O4/c21-16-6-8-17(9-7-16)22-18(24)13-27-20(26)15-10-19(25)23(12-15)11-14-4-2-1-3-5-14/h1-9,15H,10-13H2,(H,22,24). The number of nitrogens with one attached hydrogen (secondary N) is 1. The Morgan fingerprint density at radius 2 is 1.81 bits per heavy atom. The number of anilines is 1. The Kier molecular flexibility index (Phi) is 6.44. The predicted octanol–water partition coefficient (Wildman–Crippen LogP) is 2.82. The number of likely N-dealkylation sites (tertiary alicyclic amines) is 1. The molecule has 0 bridgehead atoms. The highest BCUT2D eigenvalue weighted by molar-refractivity contribution is 14.1. The minimum absolute atomic E-state index is 0.0795. The smallest absolute Gasteiger partial charge is 0.311 e. The van der Waals surface area contributed by atoms with E-state index in [0.717, 1.165) is 9.13 Å². The van der Waals surface area contributed by atoms with E-state index in [1.807, 2.05) is 42.5 Å². The van der Waals surface area contributed by atoms with E-state index < -0.39 is 17.8 Å². The molecular formula is C20H19IN2O4. The van der Waals surface area contributed by atoms with Crippen molar-refractivity contribution < 1.29 is 19.1 Å². The van der Waals surface area contributed by atoms with Crippen molar-refractivity contribution in [2.24, 2.45) is 5.92 Å². The van der Waals surface area contributed by atoms with Crippen molar-refractivity contribution >= 4 is 46.1 Å². The normalized spacial score (nSPS) is 16.3. The fraction of sp³-hybridized carbons (Fsp3) is 0.250. The lowest BCUT2D eigenvalue weighted by molar-refractivity contribution is -0.151. The molecule has 1 atom stereocenters. The first-order chi connectivity index (χ1) is 13.0. The van der Waals surface area contributed by atoms with E-state index in [1.54, 1.807) is 17.0 Å². The topological polar surface area (TPSA) is 75.7 Å². The molecule has 0 spiro atoms. The van der Waals surface area contributed by atoms with E-state index in [0.29, 0.717) is 18.8 Å². The minimum Gasteiger partial charge on any atom is -0.455 e. The first-order valence-electron chi connectivity index (χ1n) is 8.55. The van der Waals surface area contributed by atoms with Crippen LogP contribution >= 0.6 is 22.6 Å². The lowest BCUT2D eigenvalue weighted by atomic mass is 10.1. The molecule has 1 unspecified atom stereocenters. The molecule has 0 aromatic heterocycles. The third kappa shape index (κ3) is 5.53. The van der Waals surface area contributed by atoms with Crippen LogP contribution in [0.3, 0.4) is 0 Å². The zero-order valence-electron chi connectivity index (χ0n) is 14.6. The van der Waals surface area contributed by atoms with E-state index in [-0.39, 0.29) is 18.9 Å². The van der Waals surface area contributed by atoms with Crippen molar-refractivity contribution in [2.75, 3.05) is 18.5 Å². The molecule has 1 N–H and O–H groups in total. The fourth-order valence-corrected chi connectivity index (χ4v) is 3.23. The highest BCUT2D eigenvalue weighted by Gasteiger charge is 2.35. The molecule has 1 heterocycles. The Labute approximate surface area is 171 Å². The van der Waals surface area contributed by atoms with Gasteiger partial charge in [-0.3, -0.25) is 14.4 Å². The maximum atomic E-state index is 12.2. The first-order valence-corrected chi connectivity index (χ1v) is 9.63. The molecule has 2 aromatic rings. The van der Waals surface area contributed by atoms with Gasteiger partial charge in [0.05, 0.1) is 5.92 Å². The first kappa shape index (κ1) is 19.3. The quantitative estimate of drug-likeness (QED) is 0.512. The summed E-state index contributed by atoms with van der Waals surface area (Å²) in [5.74, 6) is -1.54. The van der Waals surface area contributed by atoms with Gasteiger partial charge in [0.15, 0.2) is 6.61 Å². The average molecular weight is 478 g/mol. The van der Waals surface area contributed by atoms with Gasteiger partial charge >= 0.3 is 5.97 Å². The van der Waals surface area contributed by atoms with Gasteiger partial charge in [-0.2, -0.15) is 0 Å². The lowest BCUT2D eigenvalue weighted by Gasteiger charge is -2.16. The number of benzene rings is 2. The van der Waals surface area contributed by atoms with Gasteiger partial charge in [0.2, 0.25) is 5.91 Å². The second-order valence-corrected chi connectivity index (χ2v) is 7.57.